The van der Waals surface area contributed by atoms with Gasteiger partial charge in [-0.25, -0.2) is 26.9 Å². The number of fused-ring (bicyclic) bond motifs is 2. The number of para-hydroxylation sites is 1. The third kappa shape index (κ3) is 6.06. The lowest BCUT2D eigenvalue weighted by Crippen LogP contribution is -2.29. The maximum atomic E-state index is 16.3. The van der Waals surface area contributed by atoms with Gasteiger partial charge < -0.3 is 4.98 Å². The van der Waals surface area contributed by atoms with Crippen molar-refractivity contribution in [2.75, 3.05) is 19.3 Å². The monoisotopic (exact) mass is 628 g/mol. The Bertz CT molecular complexity index is 2160. The number of aromatic nitrogens is 6. The third-order valence-corrected chi connectivity index (χ3v) is 8.68. The van der Waals surface area contributed by atoms with Crippen LogP contribution < -0.4 is 4.72 Å². The van der Waals surface area contributed by atoms with Crippen LogP contribution in [0.25, 0.3) is 55.8 Å². The van der Waals surface area contributed by atoms with Gasteiger partial charge in [0.25, 0.3) is 0 Å². The maximum Gasteiger partial charge on any atom is 0.209 e. The van der Waals surface area contributed by atoms with Crippen molar-refractivity contribution in [1.29, 1.82) is 0 Å². The van der Waals surface area contributed by atoms with Gasteiger partial charge in [0.2, 0.25) is 10.0 Å². The fourth-order valence-corrected chi connectivity index (χ4v) is 6.36. The first kappa shape index (κ1) is 29.1. The number of piperidine rings is 1. The Morgan fingerprint density at radius 3 is 2.58 bits per heavy atom. The average molecular weight is 629 g/mol. The Morgan fingerprint density at radius 1 is 0.933 bits per heavy atom. The molecule has 0 unspecified atom stereocenters. The van der Waals surface area contributed by atoms with E-state index in [2.05, 4.69) is 34.8 Å². The SMILES string of the molecule is CS(=O)(=O)NCc1cc(F)cc(-c2cccc3[nH]c(-c4n[nH]c5cnc(-c6cncc(CN7CCCCC7)c6)c(F)c45)nc23)c1. The van der Waals surface area contributed by atoms with Crippen LogP contribution in [-0.4, -0.2) is 62.8 Å². The molecule has 6 aromatic rings. The van der Waals surface area contributed by atoms with Crippen LogP contribution in [0.5, 0.6) is 0 Å². The number of pyridine rings is 2. The highest BCUT2D eigenvalue weighted by Crippen LogP contribution is 2.35. The smallest absolute Gasteiger partial charge is 0.209 e. The van der Waals surface area contributed by atoms with Crippen molar-refractivity contribution < 1.29 is 17.2 Å². The molecule has 1 aliphatic heterocycles. The summed E-state index contributed by atoms with van der Waals surface area (Å²) < 4.78 is 56.5. The van der Waals surface area contributed by atoms with E-state index < -0.39 is 21.7 Å². The summed E-state index contributed by atoms with van der Waals surface area (Å²) in [6, 6.07) is 11.7. The van der Waals surface area contributed by atoms with Crippen molar-refractivity contribution >= 4 is 32.0 Å². The van der Waals surface area contributed by atoms with E-state index in [-0.39, 0.29) is 23.3 Å². The molecule has 1 aliphatic rings. The molecule has 13 heteroatoms. The summed E-state index contributed by atoms with van der Waals surface area (Å²) in [6.45, 7) is 2.78. The number of rotatable bonds is 8. The molecule has 4 aromatic heterocycles. The van der Waals surface area contributed by atoms with Crippen molar-refractivity contribution in [3.05, 3.63) is 83.8 Å². The topological polar surface area (TPSA) is 133 Å². The summed E-state index contributed by atoms with van der Waals surface area (Å²) in [6.07, 6.45) is 9.63. The molecule has 0 saturated carbocycles. The van der Waals surface area contributed by atoms with Crippen LogP contribution in [0.2, 0.25) is 0 Å². The molecule has 0 aliphatic carbocycles. The molecule has 45 heavy (non-hydrogen) atoms. The molecule has 0 bridgehead atoms. The summed E-state index contributed by atoms with van der Waals surface area (Å²) in [5, 5.41) is 7.48. The lowest BCUT2D eigenvalue weighted by molar-refractivity contribution is 0.220. The second-order valence-corrected chi connectivity index (χ2v) is 13.3. The summed E-state index contributed by atoms with van der Waals surface area (Å²) in [5.41, 5.74) is 5.21. The average Bonchev–Trinajstić information content (AvgIpc) is 3.65. The van der Waals surface area contributed by atoms with Crippen LogP contribution in [-0.2, 0) is 23.1 Å². The molecule has 0 spiro atoms. The predicted molar refractivity (Wildman–Crippen MR) is 168 cm³/mol. The highest BCUT2D eigenvalue weighted by Gasteiger charge is 2.22. The molecule has 5 heterocycles. The van der Waals surface area contributed by atoms with E-state index >= 15 is 4.39 Å². The van der Waals surface area contributed by atoms with Crippen LogP contribution in [0.4, 0.5) is 8.78 Å². The summed E-state index contributed by atoms with van der Waals surface area (Å²) in [5.74, 6) is -0.727. The molecule has 10 nitrogen and oxygen atoms in total. The maximum absolute atomic E-state index is 16.3. The zero-order valence-electron chi connectivity index (χ0n) is 24.4. The van der Waals surface area contributed by atoms with Gasteiger partial charge in [-0.1, -0.05) is 18.6 Å². The van der Waals surface area contributed by atoms with E-state index in [0.717, 1.165) is 31.5 Å². The van der Waals surface area contributed by atoms with Gasteiger partial charge in [0, 0.05) is 36.6 Å². The molecule has 3 N–H and O–H groups in total. The van der Waals surface area contributed by atoms with Gasteiger partial charge in [0.15, 0.2) is 11.6 Å². The van der Waals surface area contributed by atoms with Gasteiger partial charge in [0.1, 0.15) is 17.2 Å². The van der Waals surface area contributed by atoms with Gasteiger partial charge in [-0.2, -0.15) is 5.10 Å². The number of hydrogen-bond acceptors (Lipinski definition) is 7. The number of nitrogens with one attached hydrogen (secondary N) is 3. The van der Waals surface area contributed by atoms with E-state index in [1.807, 2.05) is 18.3 Å². The molecule has 0 atom stereocenters. The minimum absolute atomic E-state index is 0.0586. The summed E-state index contributed by atoms with van der Waals surface area (Å²) in [4.78, 5) is 19.2. The standard InChI is InChI=1S/C32H30F2N8O2S/c1-45(43,44)37-15-19-10-21(13-23(33)12-19)24-6-5-7-25-30(24)39-32(38-25)31-27-26(40-41-31)17-36-29(28(27)34)22-11-20(14-35-16-22)18-42-8-3-2-4-9-42/h5-7,10-14,16-17,37H,2-4,8-9,15,18H2,1H3,(H,38,39)(H,40,41). The Labute approximate surface area is 258 Å². The number of hydrogen-bond donors (Lipinski definition) is 3. The number of imidazole rings is 1. The first-order chi connectivity index (χ1) is 21.7. The number of halogens is 2. The van der Waals surface area contributed by atoms with Gasteiger partial charge in [-0.05, 0) is 73.0 Å². The Balaban J connectivity index is 1.26. The van der Waals surface area contributed by atoms with Crippen LogP contribution in [0.3, 0.4) is 0 Å². The first-order valence-corrected chi connectivity index (χ1v) is 16.5. The van der Waals surface area contributed by atoms with Crippen LogP contribution in [0, 0.1) is 11.6 Å². The van der Waals surface area contributed by atoms with Crippen molar-refractivity contribution in [2.24, 2.45) is 0 Å². The van der Waals surface area contributed by atoms with Crippen LogP contribution >= 0.6 is 0 Å². The van der Waals surface area contributed by atoms with E-state index in [0.29, 0.717) is 44.6 Å². The lowest BCUT2D eigenvalue weighted by atomic mass is 10.0. The second-order valence-electron chi connectivity index (χ2n) is 11.4. The normalized spacial score (nSPS) is 14.5. The van der Waals surface area contributed by atoms with Crippen LogP contribution in [0.15, 0.2) is 61.1 Å². The number of nitrogens with zero attached hydrogens (tertiary/aromatic N) is 5. The van der Waals surface area contributed by atoms with Gasteiger partial charge in [0.05, 0.1) is 34.4 Å². The molecule has 2 aromatic carbocycles. The summed E-state index contributed by atoms with van der Waals surface area (Å²) in [7, 11) is -3.46. The quantitative estimate of drug-likeness (QED) is 0.202. The number of likely N-dealkylation sites (tertiary alicyclic amines) is 1. The van der Waals surface area contributed by atoms with Gasteiger partial charge in [-0.15, -0.1) is 0 Å². The predicted octanol–water partition coefficient (Wildman–Crippen LogP) is 5.54. The molecular weight excluding hydrogens is 598 g/mol. The highest BCUT2D eigenvalue weighted by molar-refractivity contribution is 7.88. The molecule has 0 radical (unpaired) electrons. The van der Waals surface area contributed by atoms with Gasteiger partial charge >= 0.3 is 0 Å². The second kappa shape index (κ2) is 11.7. The lowest BCUT2D eigenvalue weighted by Gasteiger charge is -2.26. The van der Waals surface area contributed by atoms with E-state index in [9.17, 15) is 12.8 Å². The zero-order chi connectivity index (χ0) is 31.1. The Morgan fingerprint density at radius 2 is 1.76 bits per heavy atom. The number of benzene rings is 2. The molecular formula is C32H30F2N8O2S. The van der Waals surface area contributed by atoms with Crippen molar-refractivity contribution in [1.82, 2.24) is 39.8 Å². The van der Waals surface area contributed by atoms with Crippen molar-refractivity contribution in [3.8, 4) is 33.9 Å². The minimum atomic E-state index is -3.46. The molecule has 7 rings (SSSR count). The van der Waals surface area contributed by atoms with E-state index in [4.69, 9.17) is 4.98 Å². The van der Waals surface area contributed by atoms with E-state index in [1.54, 1.807) is 30.6 Å². The number of sulfonamides is 1. The Hall–Kier alpha value is -4.59. The third-order valence-electron chi connectivity index (χ3n) is 8.01. The van der Waals surface area contributed by atoms with Crippen LogP contribution in [0.1, 0.15) is 30.4 Å². The van der Waals surface area contributed by atoms with Crippen molar-refractivity contribution in [2.45, 2.75) is 32.4 Å². The van der Waals surface area contributed by atoms with Crippen molar-refractivity contribution in [3.63, 3.8) is 0 Å². The Kier molecular flexibility index (Phi) is 7.59. The first-order valence-electron chi connectivity index (χ1n) is 14.6. The molecule has 1 saturated heterocycles. The van der Waals surface area contributed by atoms with Gasteiger partial charge in [-0.3, -0.25) is 20.0 Å². The molecule has 230 valence electrons. The fraction of sp³-hybridized carbons (Fsp3) is 0.250. The number of H-pyrrole nitrogens is 2. The summed E-state index contributed by atoms with van der Waals surface area (Å²) >= 11 is 0. The van der Waals surface area contributed by atoms with E-state index in [1.165, 1.54) is 31.4 Å². The molecule has 1 fully saturated rings. The minimum Gasteiger partial charge on any atom is -0.337 e. The largest absolute Gasteiger partial charge is 0.337 e. The molecule has 0 amide bonds. The highest BCUT2D eigenvalue weighted by atomic mass is 32.2. The number of aromatic amines is 2. The zero-order valence-corrected chi connectivity index (χ0v) is 25.3. The fourth-order valence-electron chi connectivity index (χ4n) is 5.93.